The van der Waals surface area contributed by atoms with E-state index in [1.165, 1.54) is 9.96 Å². The van der Waals surface area contributed by atoms with Crippen molar-refractivity contribution in [2.24, 2.45) is 0 Å². The molecule has 0 radical (unpaired) electrons. The second-order valence-corrected chi connectivity index (χ2v) is 6.84. The van der Waals surface area contributed by atoms with Crippen molar-refractivity contribution in [2.75, 3.05) is 7.11 Å². The minimum Gasteiger partial charge on any atom is -0.497 e. The fourth-order valence-electron chi connectivity index (χ4n) is 3.60. The summed E-state index contributed by atoms with van der Waals surface area (Å²) in [5.74, 6) is 0.336. The number of carbonyl (C=O) groups excluding carboxylic acids is 1. The fourth-order valence-corrected chi connectivity index (χ4v) is 3.60. The van der Waals surface area contributed by atoms with Crippen LogP contribution in [-0.2, 0) is 11.3 Å². The Bertz CT molecular complexity index is 1040. The van der Waals surface area contributed by atoms with Crippen LogP contribution in [0.5, 0.6) is 5.75 Å². The van der Waals surface area contributed by atoms with Crippen LogP contribution >= 0.6 is 0 Å². The first kappa shape index (κ1) is 18.7. The highest BCUT2D eigenvalue weighted by atomic mass is 16.5. The van der Waals surface area contributed by atoms with Gasteiger partial charge in [-0.05, 0) is 50.5 Å². The van der Waals surface area contributed by atoms with Crippen LogP contribution in [0, 0.1) is 20.8 Å². The van der Waals surface area contributed by atoms with Crippen molar-refractivity contribution >= 4 is 11.6 Å². The van der Waals surface area contributed by atoms with Gasteiger partial charge < -0.3 is 10.1 Å². The van der Waals surface area contributed by atoms with E-state index in [4.69, 9.17) is 4.74 Å². The molecular formula is C20H24N4O3. The van der Waals surface area contributed by atoms with E-state index < -0.39 is 0 Å². The molecule has 1 aromatic carbocycles. The number of hydrogen-bond donors (Lipinski definition) is 1. The molecule has 0 aliphatic heterocycles. The Labute approximate surface area is 157 Å². The third-order valence-corrected chi connectivity index (χ3v) is 4.63. The highest BCUT2D eigenvalue weighted by Gasteiger charge is 2.17. The molecule has 3 aromatic rings. The summed E-state index contributed by atoms with van der Waals surface area (Å²) >= 11 is 0. The Morgan fingerprint density at radius 1 is 1.22 bits per heavy atom. The van der Waals surface area contributed by atoms with Gasteiger partial charge in [-0.3, -0.25) is 9.20 Å². The lowest BCUT2D eigenvalue weighted by molar-refractivity contribution is -0.122. The largest absolute Gasteiger partial charge is 0.497 e. The van der Waals surface area contributed by atoms with Gasteiger partial charge in [0.2, 0.25) is 5.91 Å². The summed E-state index contributed by atoms with van der Waals surface area (Å²) in [7, 11) is 1.55. The first-order valence-corrected chi connectivity index (χ1v) is 8.80. The Hall–Kier alpha value is -3.09. The lowest BCUT2D eigenvalue weighted by Crippen LogP contribution is -2.34. The van der Waals surface area contributed by atoms with E-state index in [0.717, 1.165) is 21.4 Å². The van der Waals surface area contributed by atoms with E-state index in [9.17, 15) is 9.59 Å². The van der Waals surface area contributed by atoms with Crippen LogP contribution in [0.15, 0.2) is 35.3 Å². The second kappa shape index (κ2) is 7.26. The number of carbonyl (C=O) groups is 1. The zero-order valence-electron chi connectivity index (χ0n) is 16.2. The summed E-state index contributed by atoms with van der Waals surface area (Å²) in [5, 5.41) is 7.18. The van der Waals surface area contributed by atoms with Crippen LogP contribution in [0.2, 0.25) is 0 Å². The Morgan fingerprint density at radius 3 is 2.52 bits per heavy atom. The molecule has 7 heteroatoms. The number of aryl methyl sites for hydroxylation is 3. The average molecular weight is 368 g/mol. The molecule has 142 valence electrons. The van der Waals surface area contributed by atoms with Gasteiger partial charge in [-0.15, -0.1) is 5.10 Å². The molecule has 1 amide bonds. The molecule has 0 saturated heterocycles. The van der Waals surface area contributed by atoms with Crippen molar-refractivity contribution in [3.63, 3.8) is 0 Å². The first-order chi connectivity index (χ1) is 12.8. The maximum absolute atomic E-state index is 12.5. The number of fused-ring (bicyclic) bond motifs is 1. The molecule has 7 nitrogen and oxygen atoms in total. The van der Waals surface area contributed by atoms with E-state index in [2.05, 4.69) is 29.5 Å². The monoisotopic (exact) mass is 368 g/mol. The van der Waals surface area contributed by atoms with Gasteiger partial charge in [-0.2, -0.15) is 0 Å². The number of pyridine rings is 1. The molecule has 0 aliphatic rings. The van der Waals surface area contributed by atoms with Crippen molar-refractivity contribution in [3.8, 4) is 5.75 Å². The van der Waals surface area contributed by atoms with E-state index >= 15 is 0 Å². The Morgan fingerprint density at radius 2 is 1.89 bits per heavy atom. The molecule has 3 rings (SSSR count). The number of ether oxygens (including phenoxy) is 1. The number of methoxy groups -OCH3 is 1. The van der Waals surface area contributed by atoms with E-state index in [0.29, 0.717) is 11.4 Å². The zero-order chi connectivity index (χ0) is 19.7. The molecule has 27 heavy (non-hydrogen) atoms. The van der Waals surface area contributed by atoms with E-state index in [1.807, 2.05) is 20.8 Å². The maximum Gasteiger partial charge on any atom is 0.350 e. The lowest BCUT2D eigenvalue weighted by Gasteiger charge is -2.19. The number of hydrogen-bond acceptors (Lipinski definition) is 4. The Kier molecular flexibility index (Phi) is 5.03. The van der Waals surface area contributed by atoms with Crippen molar-refractivity contribution in [3.05, 3.63) is 63.2 Å². The summed E-state index contributed by atoms with van der Waals surface area (Å²) in [6.07, 6.45) is 1.58. The van der Waals surface area contributed by atoms with Crippen LogP contribution in [0.3, 0.4) is 0 Å². The quantitative estimate of drug-likeness (QED) is 0.750. The smallest absolute Gasteiger partial charge is 0.350 e. The number of nitrogens with one attached hydrogen (secondary N) is 1. The van der Waals surface area contributed by atoms with Gasteiger partial charge in [0.05, 0.1) is 13.2 Å². The van der Waals surface area contributed by atoms with Crippen molar-refractivity contribution in [1.82, 2.24) is 19.5 Å². The maximum atomic E-state index is 12.5. The van der Waals surface area contributed by atoms with Crippen LogP contribution in [-0.4, -0.2) is 27.2 Å². The number of nitrogens with zero attached hydrogens (tertiary/aromatic N) is 3. The molecule has 0 fully saturated rings. The van der Waals surface area contributed by atoms with Gasteiger partial charge in [-0.25, -0.2) is 9.48 Å². The fraction of sp³-hybridized carbons (Fsp3) is 0.350. The summed E-state index contributed by atoms with van der Waals surface area (Å²) in [4.78, 5) is 24.9. The van der Waals surface area contributed by atoms with Crippen LogP contribution in [0.1, 0.15) is 35.2 Å². The predicted molar refractivity (Wildman–Crippen MR) is 103 cm³/mol. The second-order valence-electron chi connectivity index (χ2n) is 6.84. The van der Waals surface area contributed by atoms with Gasteiger partial charge in [0.1, 0.15) is 12.3 Å². The van der Waals surface area contributed by atoms with Gasteiger partial charge >= 0.3 is 5.69 Å². The van der Waals surface area contributed by atoms with Crippen LogP contribution in [0.25, 0.3) is 5.65 Å². The predicted octanol–water partition coefficient (Wildman–Crippen LogP) is 2.31. The molecule has 0 unspecified atom stereocenters. The van der Waals surface area contributed by atoms with E-state index in [-0.39, 0.29) is 24.2 Å². The molecule has 0 bridgehead atoms. The van der Waals surface area contributed by atoms with Crippen molar-refractivity contribution < 1.29 is 9.53 Å². The molecule has 0 spiro atoms. The van der Waals surface area contributed by atoms with E-state index in [1.54, 1.807) is 25.4 Å². The normalized spacial score (nSPS) is 12.2. The van der Waals surface area contributed by atoms with Crippen molar-refractivity contribution in [1.29, 1.82) is 0 Å². The van der Waals surface area contributed by atoms with Crippen LogP contribution in [0.4, 0.5) is 0 Å². The SMILES string of the molecule is COc1ccn2c(=O)n(CC(=O)N[C@@H](C)c3c(C)cc(C)cc3C)nc2c1. The molecule has 1 N–H and O–H groups in total. The number of amides is 1. The summed E-state index contributed by atoms with van der Waals surface area (Å²) in [5.41, 5.74) is 4.64. The minimum atomic E-state index is -0.363. The minimum absolute atomic E-state index is 0.142. The summed E-state index contributed by atoms with van der Waals surface area (Å²) < 4.78 is 7.68. The molecule has 0 saturated carbocycles. The summed E-state index contributed by atoms with van der Waals surface area (Å²) in [6.45, 7) is 7.94. The zero-order valence-corrected chi connectivity index (χ0v) is 16.2. The number of benzene rings is 1. The molecule has 0 aliphatic carbocycles. The number of rotatable bonds is 5. The third kappa shape index (κ3) is 3.72. The van der Waals surface area contributed by atoms with Gasteiger partial charge in [0, 0.05) is 12.3 Å². The highest BCUT2D eigenvalue weighted by molar-refractivity contribution is 5.76. The van der Waals surface area contributed by atoms with Gasteiger partial charge in [0.15, 0.2) is 5.65 Å². The van der Waals surface area contributed by atoms with Gasteiger partial charge in [-0.1, -0.05) is 17.7 Å². The topological polar surface area (TPSA) is 77.6 Å². The summed E-state index contributed by atoms with van der Waals surface area (Å²) in [6, 6.07) is 7.37. The highest BCUT2D eigenvalue weighted by Crippen LogP contribution is 2.23. The first-order valence-electron chi connectivity index (χ1n) is 8.80. The molecule has 2 aromatic heterocycles. The van der Waals surface area contributed by atoms with Gasteiger partial charge in [0.25, 0.3) is 0 Å². The van der Waals surface area contributed by atoms with Crippen molar-refractivity contribution in [2.45, 2.75) is 40.3 Å². The average Bonchev–Trinajstić information content (AvgIpc) is 2.88. The molecule has 2 heterocycles. The number of aromatic nitrogens is 3. The third-order valence-electron chi connectivity index (χ3n) is 4.63. The Balaban J connectivity index is 1.79. The molecular weight excluding hydrogens is 344 g/mol. The molecule has 1 atom stereocenters. The lowest BCUT2D eigenvalue weighted by atomic mass is 9.95. The standard InChI is InChI=1S/C20H24N4O3/c1-12-8-13(2)19(14(3)9-12)15(4)21-18(25)11-24-20(26)23-7-6-16(27-5)10-17(23)22-24/h6-10,15H,11H2,1-5H3,(H,21,25)/t15-/m0/s1. The van der Waals surface area contributed by atoms with Crippen LogP contribution < -0.4 is 15.7 Å².